The van der Waals surface area contributed by atoms with Gasteiger partial charge in [0.25, 0.3) is 0 Å². The van der Waals surface area contributed by atoms with E-state index < -0.39 is 0 Å². The zero-order valence-electron chi connectivity index (χ0n) is 7.81. The van der Waals surface area contributed by atoms with Crippen LogP contribution in [0.25, 0.3) is 0 Å². The first-order valence-electron chi connectivity index (χ1n) is 4.67. The average molecular weight is 210 g/mol. The molecule has 2 unspecified atom stereocenters. The van der Waals surface area contributed by atoms with Crippen LogP contribution in [-0.4, -0.2) is 29.5 Å². The highest BCUT2D eigenvalue weighted by Crippen LogP contribution is 2.27. The average Bonchev–Trinajstić information content (AvgIpc) is 2.56. The number of aliphatic hydroxyl groups is 1. The predicted molar refractivity (Wildman–Crippen MR) is 59.4 cm³/mol. The molecule has 1 aliphatic heterocycles. The SMILES string of the molecule is Nc1ccc(SC2CNCC2O)cc1. The van der Waals surface area contributed by atoms with Crippen molar-refractivity contribution in [2.45, 2.75) is 16.2 Å². The molecule has 0 spiro atoms. The lowest BCUT2D eigenvalue weighted by molar-refractivity contribution is 0.201. The van der Waals surface area contributed by atoms with Crippen molar-refractivity contribution in [3.8, 4) is 0 Å². The lowest BCUT2D eigenvalue weighted by Crippen LogP contribution is -2.19. The number of thioether (sulfide) groups is 1. The van der Waals surface area contributed by atoms with Gasteiger partial charge in [-0.25, -0.2) is 0 Å². The molecule has 0 bridgehead atoms. The summed E-state index contributed by atoms with van der Waals surface area (Å²) in [6.45, 7) is 1.57. The van der Waals surface area contributed by atoms with Crippen molar-refractivity contribution in [1.82, 2.24) is 5.32 Å². The summed E-state index contributed by atoms with van der Waals surface area (Å²) < 4.78 is 0. The second kappa shape index (κ2) is 4.21. The Morgan fingerprint density at radius 2 is 2.00 bits per heavy atom. The molecule has 14 heavy (non-hydrogen) atoms. The molecule has 0 amide bonds. The van der Waals surface area contributed by atoms with Gasteiger partial charge in [0, 0.05) is 28.9 Å². The highest BCUT2D eigenvalue weighted by Gasteiger charge is 2.25. The molecule has 1 heterocycles. The molecule has 1 aliphatic rings. The molecule has 3 nitrogen and oxygen atoms in total. The highest BCUT2D eigenvalue weighted by atomic mass is 32.2. The van der Waals surface area contributed by atoms with Crippen LogP contribution < -0.4 is 11.1 Å². The Morgan fingerprint density at radius 3 is 2.57 bits per heavy atom. The van der Waals surface area contributed by atoms with Gasteiger partial charge in [0.15, 0.2) is 0 Å². The molecule has 2 atom stereocenters. The van der Waals surface area contributed by atoms with E-state index in [0.717, 1.165) is 17.1 Å². The lowest BCUT2D eigenvalue weighted by Gasteiger charge is -2.12. The molecule has 0 aromatic heterocycles. The topological polar surface area (TPSA) is 58.3 Å². The van der Waals surface area contributed by atoms with Crippen molar-refractivity contribution < 1.29 is 5.11 Å². The minimum atomic E-state index is -0.238. The van der Waals surface area contributed by atoms with Gasteiger partial charge in [0.05, 0.1) is 6.10 Å². The molecular weight excluding hydrogens is 196 g/mol. The number of nitrogens with one attached hydrogen (secondary N) is 1. The largest absolute Gasteiger partial charge is 0.399 e. The van der Waals surface area contributed by atoms with Gasteiger partial charge in [-0.1, -0.05) is 0 Å². The van der Waals surface area contributed by atoms with E-state index in [2.05, 4.69) is 5.32 Å². The molecule has 76 valence electrons. The van der Waals surface area contributed by atoms with Crippen molar-refractivity contribution in [2.75, 3.05) is 18.8 Å². The third-order valence-corrected chi connectivity index (χ3v) is 3.62. The summed E-state index contributed by atoms with van der Waals surface area (Å²) in [6.07, 6.45) is -0.238. The summed E-state index contributed by atoms with van der Waals surface area (Å²) in [6, 6.07) is 7.75. The molecule has 0 saturated carbocycles. The predicted octanol–water partition coefficient (Wildman–Crippen LogP) is 0.694. The summed E-state index contributed by atoms with van der Waals surface area (Å²) in [4.78, 5) is 1.16. The van der Waals surface area contributed by atoms with Crippen LogP contribution in [0.3, 0.4) is 0 Å². The molecule has 1 aromatic rings. The van der Waals surface area contributed by atoms with E-state index in [4.69, 9.17) is 5.73 Å². The number of aliphatic hydroxyl groups excluding tert-OH is 1. The van der Waals surface area contributed by atoms with Crippen LogP contribution in [0.15, 0.2) is 29.2 Å². The van der Waals surface area contributed by atoms with Gasteiger partial charge in [-0.2, -0.15) is 0 Å². The van der Waals surface area contributed by atoms with Crippen LogP contribution in [0.4, 0.5) is 5.69 Å². The van der Waals surface area contributed by atoms with Crippen LogP contribution >= 0.6 is 11.8 Å². The van der Waals surface area contributed by atoms with Crippen LogP contribution in [0.1, 0.15) is 0 Å². The Bertz CT molecular complexity index is 301. The van der Waals surface area contributed by atoms with E-state index in [1.807, 2.05) is 24.3 Å². The number of hydrogen-bond donors (Lipinski definition) is 3. The number of hydrogen-bond acceptors (Lipinski definition) is 4. The minimum absolute atomic E-state index is 0.238. The molecular formula is C10H14N2OS. The third kappa shape index (κ3) is 2.20. The van der Waals surface area contributed by atoms with Crippen molar-refractivity contribution in [3.05, 3.63) is 24.3 Å². The summed E-state index contributed by atoms with van der Waals surface area (Å²) in [5.74, 6) is 0. The normalized spacial score (nSPS) is 26.6. The maximum absolute atomic E-state index is 9.60. The van der Waals surface area contributed by atoms with Gasteiger partial charge in [-0.3, -0.25) is 0 Å². The standard InChI is InChI=1S/C10H14N2OS/c11-7-1-3-8(4-2-7)14-10-6-12-5-9(10)13/h1-4,9-10,12-13H,5-6,11H2. The Labute approximate surface area is 87.7 Å². The van der Waals surface area contributed by atoms with Crippen LogP contribution in [0.5, 0.6) is 0 Å². The van der Waals surface area contributed by atoms with Gasteiger partial charge >= 0.3 is 0 Å². The van der Waals surface area contributed by atoms with Gasteiger partial charge in [-0.05, 0) is 24.3 Å². The van der Waals surface area contributed by atoms with E-state index in [0.29, 0.717) is 6.54 Å². The number of rotatable bonds is 2. The minimum Gasteiger partial charge on any atom is -0.399 e. The third-order valence-electron chi connectivity index (χ3n) is 2.30. The van der Waals surface area contributed by atoms with E-state index in [-0.39, 0.29) is 11.4 Å². The first-order chi connectivity index (χ1) is 6.75. The van der Waals surface area contributed by atoms with Gasteiger partial charge in [0.1, 0.15) is 0 Å². The zero-order chi connectivity index (χ0) is 9.97. The second-order valence-corrected chi connectivity index (χ2v) is 4.76. The molecule has 0 radical (unpaired) electrons. The van der Waals surface area contributed by atoms with Crippen LogP contribution in [-0.2, 0) is 0 Å². The van der Waals surface area contributed by atoms with Crippen molar-refractivity contribution >= 4 is 17.4 Å². The number of nitrogen functional groups attached to an aromatic ring is 1. The maximum atomic E-state index is 9.60. The molecule has 1 saturated heterocycles. The number of benzene rings is 1. The Balaban J connectivity index is 2.00. The summed E-state index contributed by atoms with van der Waals surface area (Å²) >= 11 is 1.70. The van der Waals surface area contributed by atoms with Crippen molar-refractivity contribution in [1.29, 1.82) is 0 Å². The quantitative estimate of drug-likeness (QED) is 0.629. The fourth-order valence-electron chi connectivity index (χ4n) is 1.48. The van der Waals surface area contributed by atoms with Crippen LogP contribution in [0.2, 0.25) is 0 Å². The fourth-order valence-corrected chi connectivity index (χ4v) is 2.58. The fraction of sp³-hybridized carbons (Fsp3) is 0.400. The molecule has 4 N–H and O–H groups in total. The molecule has 2 rings (SSSR count). The van der Waals surface area contributed by atoms with Crippen molar-refractivity contribution in [3.63, 3.8) is 0 Å². The Morgan fingerprint density at radius 1 is 1.29 bits per heavy atom. The number of β-amino-alcohol motifs (C(OH)–C–C–N with tert-alkyl or cyclic N) is 1. The lowest BCUT2D eigenvalue weighted by atomic mass is 10.3. The Kier molecular flexibility index (Phi) is 2.96. The van der Waals surface area contributed by atoms with E-state index in [9.17, 15) is 5.11 Å². The highest BCUT2D eigenvalue weighted by molar-refractivity contribution is 8.00. The Hall–Kier alpha value is -0.710. The van der Waals surface area contributed by atoms with E-state index in [1.165, 1.54) is 0 Å². The monoisotopic (exact) mass is 210 g/mol. The summed E-state index contributed by atoms with van der Waals surface area (Å²) in [5, 5.41) is 13.0. The molecule has 0 aliphatic carbocycles. The summed E-state index contributed by atoms with van der Waals surface area (Å²) in [7, 11) is 0. The van der Waals surface area contributed by atoms with Gasteiger partial charge in [-0.15, -0.1) is 11.8 Å². The first-order valence-corrected chi connectivity index (χ1v) is 5.54. The molecule has 1 aromatic carbocycles. The number of anilines is 1. The first kappa shape index (κ1) is 9.83. The maximum Gasteiger partial charge on any atom is 0.0798 e. The summed E-state index contributed by atoms with van der Waals surface area (Å²) in [5.41, 5.74) is 6.37. The van der Waals surface area contributed by atoms with Gasteiger partial charge < -0.3 is 16.2 Å². The molecule has 4 heteroatoms. The number of nitrogens with two attached hydrogens (primary N) is 1. The smallest absolute Gasteiger partial charge is 0.0798 e. The van der Waals surface area contributed by atoms with E-state index >= 15 is 0 Å². The zero-order valence-corrected chi connectivity index (χ0v) is 8.63. The van der Waals surface area contributed by atoms with Crippen LogP contribution in [0, 0.1) is 0 Å². The van der Waals surface area contributed by atoms with Gasteiger partial charge in [0.2, 0.25) is 0 Å². The molecule has 1 fully saturated rings. The van der Waals surface area contributed by atoms with E-state index in [1.54, 1.807) is 11.8 Å². The van der Waals surface area contributed by atoms with Crippen molar-refractivity contribution in [2.24, 2.45) is 0 Å². The second-order valence-electron chi connectivity index (χ2n) is 3.45.